The van der Waals surface area contributed by atoms with Gasteiger partial charge >= 0.3 is 0 Å². The number of ether oxygens (including phenoxy) is 1. The van der Waals surface area contributed by atoms with Crippen LogP contribution in [0.25, 0.3) is 0 Å². The van der Waals surface area contributed by atoms with Gasteiger partial charge in [0.2, 0.25) is 5.91 Å². The lowest BCUT2D eigenvalue weighted by Crippen LogP contribution is -2.50. The first-order chi connectivity index (χ1) is 14.1. The summed E-state index contributed by atoms with van der Waals surface area (Å²) in [6.45, 7) is 4.74. The molecule has 5 nitrogen and oxygen atoms in total. The Kier molecular flexibility index (Phi) is 9.51. The van der Waals surface area contributed by atoms with Crippen LogP contribution in [-0.4, -0.2) is 35.9 Å². The number of nitrogens with zero attached hydrogens (tertiary/aromatic N) is 1. The van der Waals surface area contributed by atoms with E-state index in [4.69, 9.17) is 16.3 Å². The van der Waals surface area contributed by atoms with Crippen LogP contribution >= 0.6 is 11.6 Å². The molecule has 0 unspecified atom stereocenters. The van der Waals surface area contributed by atoms with Crippen molar-refractivity contribution in [2.75, 3.05) is 13.2 Å². The molecule has 0 fully saturated rings. The molecule has 0 bridgehead atoms. The number of carbonyl (C=O) groups excluding carboxylic acids is 2. The summed E-state index contributed by atoms with van der Waals surface area (Å²) >= 11 is 6.11. The molecule has 2 aromatic rings. The van der Waals surface area contributed by atoms with Crippen LogP contribution in [-0.2, 0) is 16.1 Å². The van der Waals surface area contributed by atoms with E-state index >= 15 is 0 Å². The van der Waals surface area contributed by atoms with Crippen LogP contribution in [0.1, 0.15) is 38.7 Å². The topological polar surface area (TPSA) is 58.6 Å². The summed E-state index contributed by atoms with van der Waals surface area (Å²) in [5.74, 6) is 0.0527. The van der Waals surface area contributed by atoms with Gasteiger partial charge in [-0.3, -0.25) is 9.59 Å². The normalized spacial score (nSPS) is 11.6. The average molecular weight is 417 g/mol. The zero-order valence-electron chi connectivity index (χ0n) is 17.1. The molecule has 0 heterocycles. The first-order valence-electron chi connectivity index (χ1n) is 10.0. The van der Waals surface area contributed by atoms with Gasteiger partial charge in [0.25, 0.3) is 5.91 Å². The number of amides is 2. The number of rotatable bonds is 11. The van der Waals surface area contributed by atoms with Gasteiger partial charge in [-0.25, -0.2) is 0 Å². The molecule has 0 aliphatic rings. The minimum absolute atomic E-state index is 0.136. The van der Waals surface area contributed by atoms with Gasteiger partial charge in [0.1, 0.15) is 11.8 Å². The van der Waals surface area contributed by atoms with Crippen molar-refractivity contribution in [2.45, 2.75) is 45.7 Å². The lowest BCUT2D eigenvalue weighted by Gasteiger charge is -2.30. The second kappa shape index (κ2) is 12.1. The molecular formula is C23H29ClN2O3. The fourth-order valence-electron chi connectivity index (χ4n) is 2.99. The van der Waals surface area contributed by atoms with Crippen LogP contribution in [0, 0.1) is 0 Å². The molecule has 1 N–H and O–H groups in total. The third-order valence-electron chi connectivity index (χ3n) is 4.60. The number of benzene rings is 2. The van der Waals surface area contributed by atoms with Crippen molar-refractivity contribution < 1.29 is 14.3 Å². The largest absolute Gasteiger partial charge is 0.482 e. The predicted octanol–water partition coefficient (Wildman–Crippen LogP) is 4.44. The molecule has 1 atom stereocenters. The van der Waals surface area contributed by atoms with E-state index in [1.807, 2.05) is 37.3 Å². The second-order valence-electron chi connectivity index (χ2n) is 6.79. The molecule has 0 saturated heterocycles. The number of para-hydroxylation sites is 1. The van der Waals surface area contributed by atoms with Gasteiger partial charge in [-0.15, -0.1) is 0 Å². The van der Waals surface area contributed by atoms with Crippen LogP contribution in [0.5, 0.6) is 5.75 Å². The minimum atomic E-state index is -0.561. The molecule has 0 spiro atoms. The highest BCUT2D eigenvalue weighted by Crippen LogP contribution is 2.23. The van der Waals surface area contributed by atoms with Gasteiger partial charge in [0.15, 0.2) is 6.61 Å². The molecule has 0 saturated carbocycles. The van der Waals surface area contributed by atoms with E-state index in [9.17, 15) is 9.59 Å². The van der Waals surface area contributed by atoms with Gasteiger partial charge in [0, 0.05) is 13.1 Å². The Hall–Kier alpha value is -2.53. The first-order valence-corrected chi connectivity index (χ1v) is 10.4. The van der Waals surface area contributed by atoms with E-state index in [1.165, 1.54) is 0 Å². The fourth-order valence-corrected chi connectivity index (χ4v) is 3.18. The van der Waals surface area contributed by atoms with Crippen molar-refractivity contribution >= 4 is 23.4 Å². The van der Waals surface area contributed by atoms with Crippen LogP contribution < -0.4 is 10.1 Å². The summed E-state index contributed by atoms with van der Waals surface area (Å²) < 4.78 is 5.64. The van der Waals surface area contributed by atoms with Gasteiger partial charge in [-0.2, -0.15) is 0 Å². The fraction of sp³-hybridized carbons (Fsp3) is 0.391. The Morgan fingerprint density at radius 2 is 1.76 bits per heavy atom. The average Bonchev–Trinajstić information content (AvgIpc) is 2.73. The first kappa shape index (κ1) is 22.8. The number of halogens is 1. The van der Waals surface area contributed by atoms with Gasteiger partial charge in [0.05, 0.1) is 5.02 Å². The number of hydrogen-bond donors (Lipinski definition) is 1. The molecule has 156 valence electrons. The number of nitrogens with one attached hydrogen (secondary N) is 1. The molecular weight excluding hydrogens is 388 g/mol. The van der Waals surface area contributed by atoms with Crippen molar-refractivity contribution in [3.63, 3.8) is 0 Å². The van der Waals surface area contributed by atoms with E-state index in [-0.39, 0.29) is 18.4 Å². The highest BCUT2D eigenvalue weighted by atomic mass is 35.5. The molecule has 0 aliphatic heterocycles. The summed E-state index contributed by atoms with van der Waals surface area (Å²) in [7, 11) is 0. The zero-order chi connectivity index (χ0) is 21.1. The van der Waals surface area contributed by atoms with Crippen molar-refractivity contribution in [3.05, 3.63) is 65.2 Å². The van der Waals surface area contributed by atoms with E-state index < -0.39 is 6.04 Å². The zero-order valence-corrected chi connectivity index (χ0v) is 17.8. The summed E-state index contributed by atoms with van der Waals surface area (Å²) in [6, 6.07) is 16.1. The Balaban J connectivity index is 2.15. The maximum atomic E-state index is 13.0. The molecule has 2 amide bonds. The number of carbonyl (C=O) groups is 2. The van der Waals surface area contributed by atoms with Gasteiger partial charge < -0.3 is 15.0 Å². The van der Waals surface area contributed by atoms with Crippen molar-refractivity contribution in [1.29, 1.82) is 0 Å². The second-order valence-corrected chi connectivity index (χ2v) is 7.20. The smallest absolute Gasteiger partial charge is 0.261 e. The molecule has 0 aliphatic carbocycles. The van der Waals surface area contributed by atoms with Crippen LogP contribution in [0.4, 0.5) is 0 Å². The molecule has 6 heteroatoms. The van der Waals surface area contributed by atoms with E-state index in [1.54, 1.807) is 29.2 Å². The van der Waals surface area contributed by atoms with Crippen molar-refractivity contribution in [1.82, 2.24) is 10.2 Å². The Morgan fingerprint density at radius 1 is 1.07 bits per heavy atom. The Bertz CT molecular complexity index is 783. The van der Waals surface area contributed by atoms with Gasteiger partial charge in [-0.1, -0.05) is 74.3 Å². The van der Waals surface area contributed by atoms with E-state index in [0.29, 0.717) is 30.3 Å². The molecule has 2 rings (SSSR count). The third-order valence-corrected chi connectivity index (χ3v) is 4.91. The molecule has 29 heavy (non-hydrogen) atoms. The summed E-state index contributed by atoms with van der Waals surface area (Å²) in [5.41, 5.74) is 0.957. The lowest BCUT2D eigenvalue weighted by molar-refractivity contribution is -0.143. The van der Waals surface area contributed by atoms with Crippen LogP contribution in [0.3, 0.4) is 0 Å². The number of hydrogen-bond acceptors (Lipinski definition) is 3. The summed E-state index contributed by atoms with van der Waals surface area (Å²) in [5, 5.41) is 3.39. The van der Waals surface area contributed by atoms with Crippen LogP contribution in [0.15, 0.2) is 54.6 Å². The molecule has 0 radical (unpaired) electrons. The summed E-state index contributed by atoms with van der Waals surface area (Å²) in [6.07, 6.45) is 2.42. The lowest BCUT2D eigenvalue weighted by atomic mass is 10.1. The minimum Gasteiger partial charge on any atom is -0.482 e. The monoisotopic (exact) mass is 416 g/mol. The van der Waals surface area contributed by atoms with Gasteiger partial charge in [-0.05, 0) is 30.5 Å². The standard InChI is InChI=1S/C23H29ClN2O3/c1-3-5-15-25-23(28)20(4-2)26(16-18-11-7-6-8-12-18)22(27)17-29-21-14-10-9-13-19(21)24/h6-14,20H,3-5,15-17H2,1-2H3,(H,25,28)/t20-/m1/s1. The Labute approximate surface area is 178 Å². The summed E-state index contributed by atoms with van der Waals surface area (Å²) in [4.78, 5) is 27.4. The Morgan fingerprint density at radius 3 is 2.41 bits per heavy atom. The van der Waals surface area contributed by atoms with Crippen LogP contribution in [0.2, 0.25) is 5.02 Å². The highest BCUT2D eigenvalue weighted by molar-refractivity contribution is 6.32. The highest BCUT2D eigenvalue weighted by Gasteiger charge is 2.28. The quantitative estimate of drug-likeness (QED) is 0.551. The predicted molar refractivity (Wildman–Crippen MR) is 116 cm³/mol. The van der Waals surface area contributed by atoms with E-state index in [0.717, 1.165) is 18.4 Å². The number of unbranched alkanes of at least 4 members (excludes halogenated alkanes) is 1. The SMILES string of the molecule is CCCCNC(=O)[C@@H](CC)N(Cc1ccccc1)C(=O)COc1ccccc1Cl. The van der Waals surface area contributed by atoms with E-state index in [2.05, 4.69) is 12.2 Å². The molecule has 2 aromatic carbocycles. The van der Waals surface area contributed by atoms with Crippen molar-refractivity contribution in [3.8, 4) is 5.75 Å². The maximum absolute atomic E-state index is 13.0. The van der Waals surface area contributed by atoms with Crippen molar-refractivity contribution in [2.24, 2.45) is 0 Å². The molecule has 0 aromatic heterocycles. The third kappa shape index (κ3) is 7.09. The maximum Gasteiger partial charge on any atom is 0.261 e.